The number of nitro benzene ring substituents is 1. The largest absolute Gasteiger partial charge is 0.348 e. The van der Waals surface area contributed by atoms with Crippen LogP contribution in [0.4, 0.5) is 5.69 Å². The van der Waals surface area contributed by atoms with Crippen LogP contribution < -0.4 is 0 Å². The third-order valence-electron chi connectivity index (χ3n) is 3.04. The second-order valence-electron chi connectivity index (χ2n) is 4.50. The Labute approximate surface area is 106 Å². The molecule has 2 rings (SSSR count). The van der Waals surface area contributed by atoms with Gasteiger partial charge in [0.1, 0.15) is 0 Å². The molecule has 1 aromatic carbocycles. The van der Waals surface area contributed by atoms with Gasteiger partial charge in [0.2, 0.25) is 0 Å². The number of ether oxygens (including phenoxy) is 2. The summed E-state index contributed by atoms with van der Waals surface area (Å²) in [5.41, 5.74) is 0.911. The highest BCUT2D eigenvalue weighted by molar-refractivity contribution is 5.33. The van der Waals surface area contributed by atoms with Gasteiger partial charge in [0.25, 0.3) is 5.69 Å². The molecule has 98 valence electrons. The molecule has 0 radical (unpaired) electrons. The van der Waals surface area contributed by atoms with Crippen molar-refractivity contribution in [1.82, 2.24) is 0 Å². The normalized spacial score (nSPS) is 23.8. The minimum atomic E-state index is -0.413. The van der Waals surface area contributed by atoms with Crippen LogP contribution in [-0.4, -0.2) is 18.1 Å². The van der Waals surface area contributed by atoms with Crippen LogP contribution in [0.1, 0.15) is 31.6 Å². The van der Waals surface area contributed by atoms with Crippen LogP contribution in [0.3, 0.4) is 0 Å². The molecule has 0 bridgehead atoms. The SMILES string of the molecule is CCCC1COC(c2ccc([N+](=O)[O-])cc2)OC1. The van der Waals surface area contributed by atoms with Gasteiger partial charge < -0.3 is 9.47 Å². The lowest BCUT2D eigenvalue weighted by molar-refractivity contribution is -0.384. The van der Waals surface area contributed by atoms with Crippen LogP contribution in [0, 0.1) is 16.0 Å². The smallest absolute Gasteiger partial charge is 0.269 e. The zero-order valence-corrected chi connectivity index (χ0v) is 10.4. The van der Waals surface area contributed by atoms with Gasteiger partial charge in [-0.25, -0.2) is 0 Å². The van der Waals surface area contributed by atoms with Crippen molar-refractivity contribution < 1.29 is 14.4 Å². The van der Waals surface area contributed by atoms with Crippen molar-refractivity contribution >= 4 is 5.69 Å². The van der Waals surface area contributed by atoms with Crippen LogP contribution in [-0.2, 0) is 9.47 Å². The predicted molar refractivity (Wildman–Crippen MR) is 66.1 cm³/mol. The van der Waals surface area contributed by atoms with E-state index in [0.29, 0.717) is 19.1 Å². The Kier molecular flexibility index (Phi) is 4.28. The van der Waals surface area contributed by atoms with E-state index >= 15 is 0 Å². The van der Waals surface area contributed by atoms with Gasteiger partial charge in [-0.2, -0.15) is 0 Å². The molecule has 0 N–H and O–H groups in total. The fraction of sp³-hybridized carbons (Fsp3) is 0.538. The van der Waals surface area contributed by atoms with Gasteiger partial charge in [-0.1, -0.05) is 13.3 Å². The number of nitrogens with zero attached hydrogens (tertiary/aromatic N) is 1. The molecule has 5 nitrogen and oxygen atoms in total. The molecule has 0 saturated carbocycles. The lowest BCUT2D eigenvalue weighted by atomic mass is 10.1. The monoisotopic (exact) mass is 251 g/mol. The zero-order valence-electron chi connectivity index (χ0n) is 10.4. The number of non-ortho nitro benzene ring substituents is 1. The standard InChI is InChI=1S/C13H17NO4/c1-2-3-10-8-17-13(18-9-10)11-4-6-12(7-5-11)14(15)16/h4-7,10,13H,2-3,8-9H2,1H3. The third kappa shape index (κ3) is 3.05. The van der Waals surface area contributed by atoms with E-state index in [4.69, 9.17) is 9.47 Å². The topological polar surface area (TPSA) is 61.6 Å². The molecule has 1 heterocycles. The van der Waals surface area contributed by atoms with E-state index in [-0.39, 0.29) is 12.0 Å². The van der Waals surface area contributed by atoms with Crippen LogP contribution >= 0.6 is 0 Å². The molecular formula is C13H17NO4. The minimum Gasteiger partial charge on any atom is -0.348 e. The molecule has 1 aliphatic rings. The molecule has 0 unspecified atom stereocenters. The van der Waals surface area contributed by atoms with Crippen LogP contribution in [0.25, 0.3) is 0 Å². The quantitative estimate of drug-likeness (QED) is 0.609. The number of hydrogen-bond donors (Lipinski definition) is 0. The molecule has 0 spiro atoms. The van der Waals surface area contributed by atoms with Gasteiger partial charge in [-0.3, -0.25) is 10.1 Å². The second-order valence-corrected chi connectivity index (χ2v) is 4.50. The highest BCUT2D eigenvalue weighted by Crippen LogP contribution is 2.27. The van der Waals surface area contributed by atoms with Crippen molar-refractivity contribution in [2.75, 3.05) is 13.2 Å². The fourth-order valence-corrected chi connectivity index (χ4v) is 2.06. The summed E-state index contributed by atoms with van der Waals surface area (Å²) < 4.78 is 11.3. The lowest BCUT2D eigenvalue weighted by Crippen LogP contribution is -2.26. The fourth-order valence-electron chi connectivity index (χ4n) is 2.06. The first-order chi connectivity index (χ1) is 8.70. The average Bonchev–Trinajstić information content (AvgIpc) is 2.40. The van der Waals surface area contributed by atoms with Gasteiger partial charge in [0.15, 0.2) is 6.29 Å². The first-order valence-corrected chi connectivity index (χ1v) is 6.18. The average molecular weight is 251 g/mol. The zero-order chi connectivity index (χ0) is 13.0. The molecule has 0 atom stereocenters. The van der Waals surface area contributed by atoms with Crippen molar-refractivity contribution in [3.63, 3.8) is 0 Å². The van der Waals surface area contributed by atoms with E-state index < -0.39 is 4.92 Å². The van der Waals surface area contributed by atoms with E-state index in [2.05, 4.69) is 6.92 Å². The van der Waals surface area contributed by atoms with Gasteiger partial charge >= 0.3 is 0 Å². The molecule has 1 aliphatic heterocycles. The Hall–Kier alpha value is -1.46. The number of rotatable bonds is 4. The second kappa shape index (κ2) is 5.93. The maximum absolute atomic E-state index is 10.5. The van der Waals surface area contributed by atoms with Crippen LogP contribution in [0.15, 0.2) is 24.3 Å². The molecule has 1 aromatic rings. The van der Waals surface area contributed by atoms with E-state index in [1.165, 1.54) is 12.1 Å². The van der Waals surface area contributed by atoms with Gasteiger partial charge in [-0.15, -0.1) is 0 Å². The Morgan fingerprint density at radius 3 is 2.39 bits per heavy atom. The molecule has 5 heteroatoms. The minimum absolute atomic E-state index is 0.0819. The maximum atomic E-state index is 10.5. The summed E-state index contributed by atoms with van der Waals surface area (Å²) in [6.07, 6.45) is 1.84. The summed E-state index contributed by atoms with van der Waals surface area (Å²) in [4.78, 5) is 10.1. The lowest BCUT2D eigenvalue weighted by Gasteiger charge is -2.29. The molecule has 1 saturated heterocycles. The first-order valence-electron chi connectivity index (χ1n) is 6.18. The number of hydrogen-bond acceptors (Lipinski definition) is 4. The number of benzene rings is 1. The molecular weight excluding hydrogens is 234 g/mol. The molecule has 0 amide bonds. The maximum Gasteiger partial charge on any atom is 0.269 e. The van der Waals surface area contributed by atoms with Crippen molar-refractivity contribution in [2.24, 2.45) is 5.92 Å². The number of nitro groups is 1. The molecule has 18 heavy (non-hydrogen) atoms. The summed E-state index contributed by atoms with van der Waals surface area (Å²) in [5.74, 6) is 0.462. The van der Waals surface area contributed by atoms with Crippen molar-refractivity contribution in [2.45, 2.75) is 26.1 Å². The Morgan fingerprint density at radius 1 is 1.28 bits per heavy atom. The van der Waals surface area contributed by atoms with Crippen molar-refractivity contribution in [1.29, 1.82) is 0 Å². The van der Waals surface area contributed by atoms with E-state index in [1.54, 1.807) is 12.1 Å². The highest BCUT2D eigenvalue weighted by atomic mass is 16.7. The Bertz CT molecular complexity index is 396. The summed E-state index contributed by atoms with van der Waals surface area (Å²) in [6, 6.07) is 6.31. The Morgan fingerprint density at radius 2 is 1.89 bits per heavy atom. The van der Waals surface area contributed by atoms with Crippen LogP contribution in [0.5, 0.6) is 0 Å². The molecule has 0 aliphatic carbocycles. The summed E-state index contributed by atoms with van der Waals surface area (Å²) in [5, 5.41) is 10.5. The molecule has 1 fully saturated rings. The van der Waals surface area contributed by atoms with Crippen molar-refractivity contribution in [3.05, 3.63) is 39.9 Å². The van der Waals surface area contributed by atoms with Crippen LogP contribution in [0.2, 0.25) is 0 Å². The first kappa shape index (κ1) is 13.0. The van der Waals surface area contributed by atoms with Gasteiger partial charge in [0.05, 0.1) is 18.1 Å². The van der Waals surface area contributed by atoms with Crippen molar-refractivity contribution in [3.8, 4) is 0 Å². The Balaban J connectivity index is 1.95. The van der Waals surface area contributed by atoms with E-state index in [9.17, 15) is 10.1 Å². The highest BCUT2D eigenvalue weighted by Gasteiger charge is 2.23. The van der Waals surface area contributed by atoms with E-state index in [0.717, 1.165) is 18.4 Å². The summed E-state index contributed by atoms with van der Waals surface area (Å²) >= 11 is 0. The van der Waals surface area contributed by atoms with E-state index in [1.807, 2.05) is 0 Å². The molecule has 0 aromatic heterocycles. The third-order valence-corrected chi connectivity index (χ3v) is 3.04. The predicted octanol–water partition coefficient (Wildman–Crippen LogP) is 3.06. The van der Waals surface area contributed by atoms with Gasteiger partial charge in [0, 0.05) is 23.6 Å². The summed E-state index contributed by atoms with van der Waals surface area (Å²) in [7, 11) is 0. The van der Waals surface area contributed by atoms with Gasteiger partial charge in [-0.05, 0) is 18.6 Å². The summed E-state index contributed by atoms with van der Waals surface area (Å²) in [6.45, 7) is 3.52.